The van der Waals surface area contributed by atoms with E-state index in [4.69, 9.17) is 21.4 Å². The molecule has 1 aromatic rings. The summed E-state index contributed by atoms with van der Waals surface area (Å²) in [5, 5.41) is 9.32. The lowest BCUT2D eigenvalue weighted by Crippen LogP contribution is -2.33. The van der Waals surface area contributed by atoms with E-state index in [1.807, 2.05) is 0 Å². The molecule has 2 N–H and O–H groups in total. The van der Waals surface area contributed by atoms with Crippen molar-refractivity contribution >= 4 is 27.6 Å². The van der Waals surface area contributed by atoms with Gasteiger partial charge in [-0.2, -0.15) is 0 Å². The lowest BCUT2D eigenvalue weighted by atomic mass is 10.1. The highest BCUT2D eigenvalue weighted by molar-refractivity contribution is 7.89. The molecule has 1 fully saturated rings. The minimum atomic E-state index is -3.78. The van der Waals surface area contributed by atoms with Crippen molar-refractivity contribution in [2.24, 2.45) is 5.92 Å². The van der Waals surface area contributed by atoms with Crippen LogP contribution in [0.4, 0.5) is 0 Å². The zero-order chi connectivity index (χ0) is 15.6. The Bertz CT molecular complexity index is 646. The van der Waals surface area contributed by atoms with Gasteiger partial charge < -0.3 is 9.84 Å². The topological polar surface area (TPSA) is 92.7 Å². The first-order valence-corrected chi connectivity index (χ1v) is 8.28. The average Bonchev–Trinajstić information content (AvgIpc) is 2.86. The number of carbonyl (C=O) groups is 1. The van der Waals surface area contributed by atoms with E-state index >= 15 is 0 Å². The van der Waals surface area contributed by atoms with Crippen LogP contribution in [0.3, 0.4) is 0 Å². The second-order valence-electron chi connectivity index (χ2n) is 4.96. The van der Waals surface area contributed by atoms with Crippen molar-refractivity contribution < 1.29 is 23.1 Å². The van der Waals surface area contributed by atoms with Crippen molar-refractivity contribution in [2.45, 2.75) is 30.2 Å². The van der Waals surface area contributed by atoms with Gasteiger partial charge in [0.25, 0.3) is 0 Å². The highest BCUT2D eigenvalue weighted by Gasteiger charge is 2.33. The Morgan fingerprint density at radius 1 is 1.43 bits per heavy atom. The van der Waals surface area contributed by atoms with Crippen LogP contribution in [0.5, 0.6) is 5.75 Å². The highest BCUT2D eigenvalue weighted by Crippen LogP contribution is 2.30. The van der Waals surface area contributed by atoms with Crippen LogP contribution in [0, 0.1) is 5.92 Å². The quantitative estimate of drug-likeness (QED) is 0.858. The van der Waals surface area contributed by atoms with Crippen LogP contribution in [0.25, 0.3) is 0 Å². The molecule has 0 bridgehead atoms. The Hall–Kier alpha value is -1.31. The van der Waals surface area contributed by atoms with Crippen LogP contribution < -0.4 is 9.46 Å². The lowest BCUT2D eigenvalue weighted by Gasteiger charge is -2.15. The normalized spacial score (nSPS) is 22.2. The summed E-state index contributed by atoms with van der Waals surface area (Å²) in [7, 11) is -2.42. The predicted molar refractivity (Wildman–Crippen MR) is 77.1 cm³/mol. The zero-order valence-electron chi connectivity index (χ0n) is 11.4. The average molecular weight is 334 g/mol. The molecule has 1 aliphatic rings. The lowest BCUT2D eigenvalue weighted by molar-refractivity contribution is -0.141. The zero-order valence-corrected chi connectivity index (χ0v) is 12.9. The molecule has 2 rings (SSSR count). The molecule has 6 nitrogen and oxygen atoms in total. The van der Waals surface area contributed by atoms with Gasteiger partial charge in [-0.1, -0.05) is 11.6 Å². The van der Waals surface area contributed by atoms with Crippen molar-refractivity contribution in [1.29, 1.82) is 0 Å². The van der Waals surface area contributed by atoms with Gasteiger partial charge in [-0.15, -0.1) is 0 Å². The Labute approximate surface area is 128 Å². The number of aliphatic carboxylic acids is 1. The molecule has 1 aliphatic carbocycles. The van der Waals surface area contributed by atoms with E-state index in [1.165, 1.54) is 25.3 Å². The summed E-state index contributed by atoms with van der Waals surface area (Å²) in [5.74, 6) is -1.23. The summed E-state index contributed by atoms with van der Waals surface area (Å²) < 4.78 is 32.3. The van der Waals surface area contributed by atoms with E-state index in [-0.39, 0.29) is 16.7 Å². The summed E-state index contributed by atoms with van der Waals surface area (Å²) >= 11 is 5.81. The van der Waals surface area contributed by atoms with Crippen LogP contribution in [-0.4, -0.2) is 32.6 Å². The molecule has 0 aliphatic heterocycles. The third-order valence-corrected chi connectivity index (χ3v) is 5.31. The number of hydrogen-bond donors (Lipinski definition) is 2. The molecule has 0 amide bonds. The van der Waals surface area contributed by atoms with E-state index < -0.39 is 21.9 Å². The molecule has 2 unspecified atom stereocenters. The molecular formula is C13H16ClNO5S. The standard InChI is InChI=1S/C13H16ClNO5S/c1-20-11-7-9(14)3-5-12(11)21(18,19)15-10-4-2-8(6-10)13(16)17/h3,5,7-8,10,15H,2,4,6H2,1H3,(H,16,17). The fraction of sp³-hybridized carbons (Fsp3) is 0.462. The maximum atomic E-state index is 12.4. The molecule has 1 saturated carbocycles. The van der Waals surface area contributed by atoms with Gasteiger partial charge >= 0.3 is 5.97 Å². The summed E-state index contributed by atoms with van der Waals surface area (Å²) in [6.07, 6.45) is 1.27. The molecule has 21 heavy (non-hydrogen) atoms. The molecular weight excluding hydrogens is 318 g/mol. The van der Waals surface area contributed by atoms with Crippen LogP contribution >= 0.6 is 11.6 Å². The number of ether oxygens (including phenoxy) is 1. The van der Waals surface area contributed by atoms with Gasteiger partial charge in [-0.05, 0) is 31.4 Å². The van der Waals surface area contributed by atoms with E-state index in [1.54, 1.807) is 0 Å². The van der Waals surface area contributed by atoms with Crippen LogP contribution in [-0.2, 0) is 14.8 Å². The number of nitrogens with one attached hydrogen (secondary N) is 1. The van der Waals surface area contributed by atoms with Crippen LogP contribution in [0.1, 0.15) is 19.3 Å². The number of sulfonamides is 1. The van der Waals surface area contributed by atoms with Crippen molar-refractivity contribution in [1.82, 2.24) is 4.72 Å². The van der Waals surface area contributed by atoms with Crippen molar-refractivity contribution in [3.63, 3.8) is 0 Å². The molecule has 0 heterocycles. The third kappa shape index (κ3) is 3.66. The van der Waals surface area contributed by atoms with E-state index in [0.29, 0.717) is 24.3 Å². The highest BCUT2D eigenvalue weighted by atomic mass is 35.5. The predicted octanol–water partition coefficient (Wildman–Crippen LogP) is 1.88. The van der Waals surface area contributed by atoms with Crippen LogP contribution in [0.15, 0.2) is 23.1 Å². The van der Waals surface area contributed by atoms with Gasteiger partial charge in [0, 0.05) is 17.1 Å². The number of benzene rings is 1. The fourth-order valence-electron chi connectivity index (χ4n) is 2.46. The van der Waals surface area contributed by atoms with Gasteiger partial charge in [0.05, 0.1) is 13.0 Å². The van der Waals surface area contributed by atoms with Gasteiger partial charge in [0.15, 0.2) is 0 Å². The molecule has 8 heteroatoms. The minimum Gasteiger partial charge on any atom is -0.495 e. The SMILES string of the molecule is COc1cc(Cl)ccc1S(=O)(=O)NC1CCC(C(=O)O)C1. The van der Waals surface area contributed by atoms with Gasteiger partial charge in [0.2, 0.25) is 10.0 Å². The molecule has 0 aromatic heterocycles. The van der Waals surface area contributed by atoms with Gasteiger partial charge in [0.1, 0.15) is 10.6 Å². The monoisotopic (exact) mass is 333 g/mol. The largest absolute Gasteiger partial charge is 0.495 e. The van der Waals surface area contributed by atoms with Crippen LogP contribution in [0.2, 0.25) is 5.02 Å². The maximum absolute atomic E-state index is 12.4. The first kappa shape index (κ1) is 16.1. The third-order valence-electron chi connectivity index (χ3n) is 3.52. The molecule has 0 spiro atoms. The maximum Gasteiger partial charge on any atom is 0.306 e. The second kappa shape index (κ2) is 6.21. The van der Waals surface area contributed by atoms with E-state index in [0.717, 1.165) is 0 Å². The first-order chi connectivity index (χ1) is 9.83. The Morgan fingerprint density at radius 2 is 2.14 bits per heavy atom. The van der Waals surface area contributed by atoms with E-state index in [9.17, 15) is 13.2 Å². The summed E-state index contributed by atoms with van der Waals surface area (Å²) in [6.45, 7) is 0. The summed E-state index contributed by atoms with van der Waals surface area (Å²) in [6, 6.07) is 3.88. The number of carboxylic acids is 1. The minimum absolute atomic E-state index is 0.00632. The number of methoxy groups -OCH3 is 1. The van der Waals surface area contributed by atoms with Crippen molar-refractivity contribution in [2.75, 3.05) is 7.11 Å². The first-order valence-electron chi connectivity index (χ1n) is 6.42. The molecule has 116 valence electrons. The number of carboxylic acid groups (broad SMARTS) is 1. The fourth-order valence-corrected chi connectivity index (χ4v) is 4.06. The molecule has 0 radical (unpaired) electrons. The second-order valence-corrected chi connectivity index (χ2v) is 7.08. The molecule has 0 saturated heterocycles. The van der Waals surface area contributed by atoms with Crippen molar-refractivity contribution in [3.8, 4) is 5.75 Å². The van der Waals surface area contributed by atoms with Gasteiger partial charge in [-0.3, -0.25) is 4.79 Å². The molecule has 1 aromatic carbocycles. The number of hydrogen-bond acceptors (Lipinski definition) is 4. The van der Waals surface area contributed by atoms with E-state index in [2.05, 4.69) is 4.72 Å². The molecule has 2 atom stereocenters. The number of halogens is 1. The smallest absolute Gasteiger partial charge is 0.306 e. The Balaban J connectivity index is 2.18. The number of rotatable bonds is 5. The van der Waals surface area contributed by atoms with Gasteiger partial charge in [-0.25, -0.2) is 13.1 Å². The summed E-state index contributed by atoms with van der Waals surface area (Å²) in [5.41, 5.74) is 0. The summed E-state index contributed by atoms with van der Waals surface area (Å²) in [4.78, 5) is 10.9. The Kier molecular flexibility index (Phi) is 4.75. The Morgan fingerprint density at radius 3 is 2.71 bits per heavy atom. The van der Waals surface area contributed by atoms with Crippen molar-refractivity contribution in [3.05, 3.63) is 23.2 Å².